The summed E-state index contributed by atoms with van der Waals surface area (Å²) in [4.78, 5) is 33.5. The molecule has 1 atom stereocenters. The number of nitrogens with one attached hydrogen (secondary N) is 3. The predicted molar refractivity (Wildman–Crippen MR) is 132 cm³/mol. The van der Waals surface area contributed by atoms with E-state index in [1.807, 2.05) is 25.3 Å². The maximum Gasteiger partial charge on any atom is 0.220 e. The van der Waals surface area contributed by atoms with Crippen molar-refractivity contribution in [3.63, 3.8) is 0 Å². The van der Waals surface area contributed by atoms with Gasteiger partial charge in [-0.3, -0.25) is 19.9 Å². The maximum atomic E-state index is 12.0. The first-order valence-corrected chi connectivity index (χ1v) is 11.4. The van der Waals surface area contributed by atoms with Crippen LogP contribution < -0.4 is 5.32 Å². The highest BCUT2D eigenvalue weighted by Gasteiger charge is 2.19. The number of pyridine rings is 2. The van der Waals surface area contributed by atoms with E-state index in [4.69, 9.17) is 9.40 Å². The fourth-order valence-corrected chi connectivity index (χ4v) is 4.30. The van der Waals surface area contributed by atoms with Crippen LogP contribution in [0.25, 0.3) is 50.3 Å². The SMILES string of the molecule is CCCC(=O)NC1C=NC=C(c2cnc3n[nH]c(-c4nc5c(-c6ccoc6)cncc5[nH]4)c3c2)C1. The Morgan fingerprint density at radius 3 is 3.06 bits per heavy atom. The summed E-state index contributed by atoms with van der Waals surface area (Å²) >= 11 is 0. The third-order valence-corrected chi connectivity index (χ3v) is 6.00. The molecular formula is C25H22N8O2. The molecule has 0 saturated heterocycles. The van der Waals surface area contributed by atoms with Gasteiger partial charge in [0.1, 0.15) is 11.2 Å². The van der Waals surface area contributed by atoms with E-state index in [2.05, 4.69) is 35.5 Å². The molecule has 0 aliphatic carbocycles. The number of fused-ring (bicyclic) bond motifs is 2. The Hall–Kier alpha value is -4.60. The van der Waals surface area contributed by atoms with E-state index in [-0.39, 0.29) is 11.9 Å². The molecule has 5 aromatic rings. The molecule has 0 spiro atoms. The number of hydrogen-bond acceptors (Lipinski definition) is 7. The highest BCUT2D eigenvalue weighted by molar-refractivity contribution is 5.96. The van der Waals surface area contributed by atoms with Gasteiger partial charge in [-0.15, -0.1) is 0 Å². The van der Waals surface area contributed by atoms with Crippen molar-refractivity contribution in [2.75, 3.05) is 0 Å². The number of furan rings is 1. The Morgan fingerprint density at radius 1 is 1.26 bits per heavy atom. The zero-order valence-corrected chi connectivity index (χ0v) is 18.9. The zero-order chi connectivity index (χ0) is 23.8. The Balaban J connectivity index is 1.35. The van der Waals surface area contributed by atoms with Crippen LogP contribution in [0.5, 0.6) is 0 Å². The minimum absolute atomic E-state index is 0.0325. The normalized spacial score (nSPS) is 15.6. The number of aromatic amines is 2. The minimum Gasteiger partial charge on any atom is -0.472 e. The summed E-state index contributed by atoms with van der Waals surface area (Å²) in [6.45, 7) is 1.99. The fraction of sp³-hybridized carbons (Fsp3) is 0.200. The van der Waals surface area contributed by atoms with Gasteiger partial charge in [-0.25, -0.2) is 9.97 Å². The molecule has 6 heterocycles. The largest absolute Gasteiger partial charge is 0.472 e. The van der Waals surface area contributed by atoms with Crippen LogP contribution in [0.1, 0.15) is 31.7 Å². The lowest BCUT2D eigenvalue weighted by Crippen LogP contribution is -2.36. The standard InChI is InChI=1S/C25H22N8O2/c1-2-3-21(34)29-17-6-15(8-26-10-17)16-7-18-23(32-33-24(18)28-9-16)25-30-20-12-27-11-19(22(20)31-25)14-4-5-35-13-14/h4-5,7-13,17H,2-3,6H2,1H3,(H,29,34)(H,30,31)(H,28,32,33). The van der Waals surface area contributed by atoms with E-state index in [0.717, 1.165) is 50.8 Å². The number of H-pyrrole nitrogens is 2. The van der Waals surface area contributed by atoms with E-state index in [9.17, 15) is 4.79 Å². The van der Waals surface area contributed by atoms with E-state index in [1.165, 1.54) is 0 Å². The molecule has 10 nitrogen and oxygen atoms in total. The van der Waals surface area contributed by atoms with Gasteiger partial charge in [0.25, 0.3) is 0 Å². The molecule has 174 valence electrons. The average molecular weight is 467 g/mol. The van der Waals surface area contributed by atoms with Gasteiger partial charge in [0.15, 0.2) is 11.5 Å². The van der Waals surface area contributed by atoms with Crippen LogP contribution in [0, 0.1) is 0 Å². The molecule has 1 aliphatic rings. The molecule has 6 rings (SSSR count). The van der Waals surface area contributed by atoms with Crippen LogP contribution in [0.2, 0.25) is 0 Å². The van der Waals surface area contributed by atoms with Gasteiger partial charge in [-0.2, -0.15) is 5.10 Å². The minimum atomic E-state index is -0.141. The second-order valence-electron chi connectivity index (χ2n) is 8.46. The molecule has 35 heavy (non-hydrogen) atoms. The molecular weight excluding hydrogens is 444 g/mol. The first kappa shape index (κ1) is 21.0. The lowest BCUT2D eigenvalue weighted by atomic mass is 9.98. The van der Waals surface area contributed by atoms with Crippen molar-refractivity contribution in [1.29, 1.82) is 0 Å². The molecule has 1 amide bonds. The van der Waals surface area contributed by atoms with Crippen LogP contribution >= 0.6 is 0 Å². The van der Waals surface area contributed by atoms with E-state index < -0.39 is 0 Å². The van der Waals surface area contributed by atoms with Crippen LogP contribution in [0.4, 0.5) is 0 Å². The second-order valence-corrected chi connectivity index (χ2v) is 8.46. The summed E-state index contributed by atoms with van der Waals surface area (Å²) < 4.78 is 5.24. The van der Waals surface area contributed by atoms with Crippen molar-refractivity contribution in [3.8, 4) is 22.6 Å². The number of carbonyl (C=O) groups is 1. The van der Waals surface area contributed by atoms with Crippen molar-refractivity contribution in [2.24, 2.45) is 4.99 Å². The average Bonchev–Trinajstić information content (AvgIpc) is 3.63. The van der Waals surface area contributed by atoms with Crippen molar-refractivity contribution < 1.29 is 9.21 Å². The van der Waals surface area contributed by atoms with Crippen LogP contribution in [-0.2, 0) is 4.79 Å². The number of nitrogens with zero attached hydrogens (tertiary/aromatic N) is 5. The first-order chi connectivity index (χ1) is 17.2. The van der Waals surface area contributed by atoms with E-state index in [1.54, 1.807) is 37.3 Å². The van der Waals surface area contributed by atoms with Gasteiger partial charge in [0, 0.05) is 42.4 Å². The smallest absolute Gasteiger partial charge is 0.220 e. The molecule has 10 heteroatoms. The molecule has 1 unspecified atom stereocenters. The summed E-state index contributed by atoms with van der Waals surface area (Å²) in [5.41, 5.74) is 6.61. The second kappa shape index (κ2) is 8.64. The third-order valence-electron chi connectivity index (χ3n) is 6.00. The molecule has 0 fully saturated rings. The number of aromatic nitrogens is 6. The monoisotopic (exact) mass is 466 g/mol. The van der Waals surface area contributed by atoms with Crippen molar-refractivity contribution in [1.82, 2.24) is 35.5 Å². The van der Waals surface area contributed by atoms with Gasteiger partial charge < -0.3 is 14.7 Å². The van der Waals surface area contributed by atoms with Crippen molar-refractivity contribution in [2.45, 2.75) is 32.2 Å². The fourth-order valence-electron chi connectivity index (χ4n) is 4.30. The Kier molecular flexibility index (Phi) is 5.17. The maximum absolute atomic E-state index is 12.0. The summed E-state index contributed by atoms with van der Waals surface area (Å²) in [5.74, 6) is 0.671. The highest BCUT2D eigenvalue weighted by atomic mass is 16.3. The summed E-state index contributed by atoms with van der Waals surface area (Å²) in [7, 11) is 0. The summed E-state index contributed by atoms with van der Waals surface area (Å²) in [5, 5.41) is 11.3. The number of rotatable bonds is 6. The first-order valence-electron chi connectivity index (χ1n) is 11.4. The number of hydrogen-bond donors (Lipinski definition) is 3. The molecule has 5 aromatic heterocycles. The number of imidazole rings is 1. The lowest BCUT2D eigenvalue weighted by Gasteiger charge is -2.19. The number of amides is 1. The molecule has 3 N–H and O–H groups in total. The lowest BCUT2D eigenvalue weighted by molar-refractivity contribution is -0.121. The topological polar surface area (TPSA) is 138 Å². The van der Waals surface area contributed by atoms with Gasteiger partial charge in [-0.05, 0) is 36.1 Å². The van der Waals surface area contributed by atoms with E-state index in [0.29, 0.717) is 24.3 Å². The van der Waals surface area contributed by atoms with Crippen LogP contribution in [0.15, 0.2) is 58.9 Å². The molecule has 0 bridgehead atoms. The van der Waals surface area contributed by atoms with Crippen LogP contribution in [0.3, 0.4) is 0 Å². The van der Waals surface area contributed by atoms with Crippen molar-refractivity contribution in [3.05, 3.63) is 55.0 Å². The molecule has 0 radical (unpaired) electrons. The summed E-state index contributed by atoms with van der Waals surface area (Å²) in [6, 6.07) is 3.77. The number of carbonyl (C=O) groups excluding carboxylic acids is 1. The zero-order valence-electron chi connectivity index (χ0n) is 18.9. The number of aliphatic imine (C=N–C) groups is 1. The van der Waals surface area contributed by atoms with Gasteiger partial charge in [-0.1, -0.05) is 6.92 Å². The molecule has 0 saturated carbocycles. The third kappa shape index (κ3) is 3.88. The highest BCUT2D eigenvalue weighted by Crippen LogP contribution is 2.32. The Morgan fingerprint density at radius 2 is 2.20 bits per heavy atom. The molecule has 1 aliphatic heterocycles. The van der Waals surface area contributed by atoms with Gasteiger partial charge >= 0.3 is 0 Å². The van der Waals surface area contributed by atoms with E-state index >= 15 is 0 Å². The van der Waals surface area contributed by atoms with Gasteiger partial charge in [0.2, 0.25) is 5.91 Å². The quantitative estimate of drug-likeness (QED) is 0.342. The molecule has 0 aromatic carbocycles. The van der Waals surface area contributed by atoms with Gasteiger partial charge in [0.05, 0.1) is 35.7 Å². The predicted octanol–water partition coefficient (Wildman–Crippen LogP) is 4.26. The van der Waals surface area contributed by atoms with Crippen LogP contribution in [-0.4, -0.2) is 48.3 Å². The Labute approximate surface area is 199 Å². The summed E-state index contributed by atoms with van der Waals surface area (Å²) in [6.07, 6.45) is 14.1. The van der Waals surface area contributed by atoms with Crippen molar-refractivity contribution >= 4 is 39.8 Å². The Bertz CT molecular complexity index is 1590.